The number of carbonyl (C=O) groups is 3. The summed E-state index contributed by atoms with van der Waals surface area (Å²) in [5.74, 6) is -0.922. The van der Waals surface area contributed by atoms with E-state index < -0.39 is 5.91 Å². The van der Waals surface area contributed by atoms with Crippen molar-refractivity contribution in [3.8, 4) is 5.75 Å². The Balaban J connectivity index is 1.64. The number of hydrogen-bond donors (Lipinski definition) is 1. The molecule has 2 aromatic rings. The summed E-state index contributed by atoms with van der Waals surface area (Å²) in [5.41, 5.74) is 2.30. The number of rotatable bonds is 4. The number of methoxy groups -OCH3 is 1. The molecule has 1 N–H and O–H groups in total. The minimum absolute atomic E-state index is 0.228. The van der Waals surface area contributed by atoms with Crippen LogP contribution in [0.15, 0.2) is 60.2 Å². The topological polar surface area (TPSA) is 75.7 Å². The van der Waals surface area contributed by atoms with E-state index in [2.05, 4.69) is 5.32 Å². The van der Waals surface area contributed by atoms with E-state index in [1.807, 2.05) is 13.0 Å². The van der Waals surface area contributed by atoms with Gasteiger partial charge in [-0.05, 0) is 44.0 Å². The quantitative estimate of drug-likeness (QED) is 0.637. The SMILES string of the molecule is COc1cccc(NC(=O)c2ccccc2N2C(=O)[C@H]3CC(C)=CC[C@H]3C2=O)c1. The van der Waals surface area contributed by atoms with Gasteiger partial charge in [0.2, 0.25) is 11.8 Å². The molecule has 2 atom stereocenters. The largest absolute Gasteiger partial charge is 0.497 e. The number of nitrogens with one attached hydrogen (secondary N) is 1. The van der Waals surface area contributed by atoms with Gasteiger partial charge >= 0.3 is 0 Å². The summed E-state index contributed by atoms with van der Waals surface area (Å²) >= 11 is 0. The molecule has 1 aliphatic heterocycles. The number of para-hydroxylation sites is 1. The second-order valence-corrected chi connectivity index (χ2v) is 7.42. The van der Waals surface area contributed by atoms with Crippen molar-refractivity contribution in [2.75, 3.05) is 17.3 Å². The first-order valence-electron chi connectivity index (χ1n) is 9.57. The number of amides is 3. The normalized spacial score (nSPS) is 20.9. The van der Waals surface area contributed by atoms with E-state index in [1.165, 1.54) is 4.90 Å². The number of imide groups is 1. The first-order chi connectivity index (χ1) is 14.0. The Kier molecular flexibility index (Phi) is 4.92. The van der Waals surface area contributed by atoms with Crippen LogP contribution in [0.4, 0.5) is 11.4 Å². The van der Waals surface area contributed by atoms with Crippen LogP contribution in [0.1, 0.15) is 30.1 Å². The van der Waals surface area contributed by atoms with Gasteiger partial charge in [-0.15, -0.1) is 0 Å². The van der Waals surface area contributed by atoms with E-state index in [0.29, 0.717) is 30.0 Å². The van der Waals surface area contributed by atoms with Gasteiger partial charge in [-0.1, -0.05) is 29.8 Å². The van der Waals surface area contributed by atoms with Crippen LogP contribution in [0, 0.1) is 11.8 Å². The average molecular weight is 390 g/mol. The number of hydrogen-bond acceptors (Lipinski definition) is 4. The molecule has 4 rings (SSSR count). The molecule has 1 aliphatic carbocycles. The second-order valence-electron chi connectivity index (χ2n) is 7.42. The summed E-state index contributed by atoms with van der Waals surface area (Å²) in [7, 11) is 1.55. The number of fused-ring (bicyclic) bond motifs is 1. The number of nitrogens with zero attached hydrogens (tertiary/aromatic N) is 1. The zero-order valence-corrected chi connectivity index (χ0v) is 16.3. The highest BCUT2D eigenvalue weighted by Crippen LogP contribution is 2.40. The molecule has 2 aliphatic rings. The molecule has 1 heterocycles. The zero-order chi connectivity index (χ0) is 20.5. The Morgan fingerprint density at radius 2 is 1.83 bits per heavy atom. The van der Waals surface area contributed by atoms with Crippen LogP contribution < -0.4 is 15.0 Å². The minimum atomic E-state index is -0.390. The predicted octanol–water partition coefficient (Wildman–Crippen LogP) is 3.79. The third-order valence-corrected chi connectivity index (χ3v) is 5.54. The van der Waals surface area contributed by atoms with E-state index in [4.69, 9.17) is 4.74 Å². The maximum absolute atomic E-state index is 13.0. The lowest BCUT2D eigenvalue weighted by Crippen LogP contribution is -2.33. The third-order valence-electron chi connectivity index (χ3n) is 5.54. The van der Waals surface area contributed by atoms with Crippen LogP contribution >= 0.6 is 0 Å². The van der Waals surface area contributed by atoms with Gasteiger partial charge in [0.05, 0.1) is 30.2 Å². The molecule has 6 heteroatoms. The van der Waals surface area contributed by atoms with E-state index in [-0.39, 0.29) is 29.2 Å². The van der Waals surface area contributed by atoms with Crippen LogP contribution in [-0.4, -0.2) is 24.8 Å². The highest BCUT2D eigenvalue weighted by Gasteiger charge is 2.49. The summed E-state index contributed by atoms with van der Waals surface area (Å²) in [6.45, 7) is 1.98. The van der Waals surface area contributed by atoms with Gasteiger partial charge in [0.25, 0.3) is 5.91 Å². The fraction of sp³-hybridized carbons (Fsp3) is 0.261. The molecule has 148 valence electrons. The molecule has 2 aromatic carbocycles. The van der Waals surface area contributed by atoms with Gasteiger partial charge < -0.3 is 10.1 Å². The summed E-state index contributed by atoms with van der Waals surface area (Å²) in [6.07, 6.45) is 3.18. The third kappa shape index (κ3) is 3.42. The molecular weight excluding hydrogens is 368 g/mol. The summed E-state index contributed by atoms with van der Waals surface area (Å²) < 4.78 is 5.18. The fourth-order valence-electron chi connectivity index (χ4n) is 4.03. The summed E-state index contributed by atoms with van der Waals surface area (Å²) in [4.78, 5) is 40.2. The van der Waals surface area contributed by atoms with Crippen LogP contribution in [0.3, 0.4) is 0 Å². The first-order valence-corrected chi connectivity index (χ1v) is 9.57. The monoisotopic (exact) mass is 390 g/mol. The summed E-state index contributed by atoms with van der Waals surface area (Å²) in [6, 6.07) is 13.7. The second kappa shape index (κ2) is 7.54. The smallest absolute Gasteiger partial charge is 0.257 e. The Hall–Kier alpha value is -3.41. The van der Waals surface area contributed by atoms with Crippen molar-refractivity contribution in [3.05, 3.63) is 65.7 Å². The van der Waals surface area contributed by atoms with Gasteiger partial charge in [-0.3, -0.25) is 14.4 Å². The van der Waals surface area contributed by atoms with Crippen molar-refractivity contribution in [3.63, 3.8) is 0 Å². The highest BCUT2D eigenvalue weighted by molar-refractivity contribution is 6.25. The van der Waals surface area contributed by atoms with E-state index in [9.17, 15) is 14.4 Å². The number of allylic oxidation sites excluding steroid dienone is 2. The zero-order valence-electron chi connectivity index (χ0n) is 16.3. The van der Waals surface area contributed by atoms with Crippen LogP contribution in [0.25, 0.3) is 0 Å². The van der Waals surface area contributed by atoms with Gasteiger partial charge in [-0.2, -0.15) is 0 Å². The van der Waals surface area contributed by atoms with Crippen molar-refractivity contribution in [1.29, 1.82) is 0 Å². The Bertz CT molecular complexity index is 1030. The molecule has 1 saturated heterocycles. The molecule has 29 heavy (non-hydrogen) atoms. The lowest BCUT2D eigenvalue weighted by atomic mass is 9.82. The molecule has 0 saturated carbocycles. The van der Waals surface area contributed by atoms with Crippen molar-refractivity contribution in [1.82, 2.24) is 0 Å². The fourth-order valence-corrected chi connectivity index (χ4v) is 4.03. The minimum Gasteiger partial charge on any atom is -0.497 e. The highest BCUT2D eigenvalue weighted by atomic mass is 16.5. The molecule has 0 radical (unpaired) electrons. The Labute approximate surface area is 169 Å². The van der Waals surface area contributed by atoms with E-state index in [1.54, 1.807) is 55.6 Å². The van der Waals surface area contributed by atoms with Crippen LogP contribution in [0.5, 0.6) is 5.75 Å². The average Bonchev–Trinajstić information content (AvgIpc) is 2.97. The number of ether oxygens (including phenoxy) is 1. The van der Waals surface area contributed by atoms with Crippen molar-refractivity contribution >= 4 is 29.1 Å². The molecule has 0 aromatic heterocycles. The standard InChI is InChI=1S/C23H22N2O4/c1-14-10-11-17-19(12-14)23(28)25(22(17)27)20-9-4-3-8-18(20)21(26)24-15-6-5-7-16(13-15)29-2/h3-10,13,17,19H,11-12H2,1-2H3,(H,24,26)/t17-,19+/m1/s1. The van der Waals surface area contributed by atoms with E-state index in [0.717, 1.165) is 5.57 Å². The number of benzene rings is 2. The van der Waals surface area contributed by atoms with Crippen molar-refractivity contribution in [2.45, 2.75) is 19.8 Å². The van der Waals surface area contributed by atoms with Gasteiger partial charge in [0.1, 0.15) is 5.75 Å². The van der Waals surface area contributed by atoms with Crippen molar-refractivity contribution < 1.29 is 19.1 Å². The molecule has 0 bridgehead atoms. The Morgan fingerprint density at radius 3 is 2.62 bits per heavy atom. The maximum atomic E-state index is 13.0. The lowest BCUT2D eigenvalue weighted by molar-refractivity contribution is -0.122. The maximum Gasteiger partial charge on any atom is 0.257 e. The molecule has 6 nitrogen and oxygen atoms in total. The molecule has 1 fully saturated rings. The molecule has 0 unspecified atom stereocenters. The van der Waals surface area contributed by atoms with Gasteiger partial charge in [0, 0.05) is 11.8 Å². The number of anilines is 2. The number of carbonyl (C=O) groups excluding carboxylic acids is 3. The van der Waals surface area contributed by atoms with Crippen LogP contribution in [0.2, 0.25) is 0 Å². The first kappa shape index (κ1) is 18.9. The van der Waals surface area contributed by atoms with Gasteiger partial charge in [-0.25, -0.2) is 4.90 Å². The van der Waals surface area contributed by atoms with Gasteiger partial charge in [0.15, 0.2) is 0 Å². The van der Waals surface area contributed by atoms with Crippen LogP contribution in [-0.2, 0) is 9.59 Å². The molecule has 0 spiro atoms. The van der Waals surface area contributed by atoms with E-state index >= 15 is 0 Å². The molecule has 3 amide bonds. The lowest BCUT2D eigenvalue weighted by Gasteiger charge is -2.19. The Morgan fingerprint density at radius 1 is 1.07 bits per heavy atom. The summed E-state index contributed by atoms with van der Waals surface area (Å²) in [5, 5.41) is 2.82. The predicted molar refractivity (Wildman–Crippen MR) is 110 cm³/mol. The molecular formula is C23H22N2O4. The van der Waals surface area contributed by atoms with Crippen molar-refractivity contribution in [2.24, 2.45) is 11.8 Å².